The minimum atomic E-state index is -0.903. The van der Waals surface area contributed by atoms with Crippen molar-refractivity contribution >= 4 is 17.7 Å². The van der Waals surface area contributed by atoms with Gasteiger partial charge in [-0.1, -0.05) is 60.1 Å². The lowest BCUT2D eigenvalue weighted by Gasteiger charge is -2.40. The monoisotopic (exact) mass is 342 g/mol. The fourth-order valence-corrected chi connectivity index (χ4v) is 3.74. The Bertz CT molecular complexity index is 758. The molecule has 2 unspecified atom stereocenters. The molecule has 0 saturated heterocycles. The average Bonchev–Trinajstić information content (AvgIpc) is 2.58. The molecule has 0 radical (unpaired) electrons. The fraction of sp³-hybridized carbons (Fsp3) is 0.333. The van der Waals surface area contributed by atoms with E-state index in [2.05, 4.69) is 11.4 Å². The molecule has 1 aliphatic rings. The zero-order valence-corrected chi connectivity index (χ0v) is 14.7. The first-order chi connectivity index (χ1) is 12.0. The number of rotatable bonds is 4. The number of likely N-dealkylation sites (N-methyl/N-ethyl adjacent to an activating group) is 1. The van der Waals surface area contributed by atoms with Gasteiger partial charge in [-0.05, 0) is 55.1 Å². The van der Waals surface area contributed by atoms with Gasteiger partial charge in [-0.25, -0.2) is 0 Å². The standard InChI is InChI=1S/C21H24ClNO/c1-23-15-21(24)13-5-8-19(17-9-11-18(22)12-10-17)20(21)14-16-6-3-2-4-7-16/h2-4,6-7,9-12,14,19,23-24H,5,8,13,15H2,1H3/i9D. The quantitative estimate of drug-likeness (QED) is 0.848. The number of nitrogens with one attached hydrogen (secondary N) is 1. The summed E-state index contributed by atoms with van der Waals surface area (Å²) in [7, 11) is 1.86. The SMILES string of the molecule is [2H]c1cc(Cl)ccc1C1CCCC(O)(CNC)C1=Cc1ccccc1. The Kier molecular flexibility index (Phi) is 4.98. The van der Waals surface area contributed by atoms with Gasteiger partial charge in [-0.2, -0.15) is 0 Å². The highest BCUT2D eigenvalue weighted by atomic mass is 35.5. The van der Waals surface area contributed by atoms with Gasteiger partial charge in [0, 0.05) is 17.5 Å². The van der Waals surface area contributed by atoms with Crippen molar-refractivity contribution in [1.82, 2.24) is 5.32 Å². The third-order valence-corrected chi connectivity index (χ3v) is 5.00. The van der Waals surface area contributed by atoms with Gasteiger partial charge in [-0.3, -0.25) is 0 Å². The van der Waals surface area contributed by atoms with Crippen molar-refractivity contribution in [2.75, 3.05) is 13.6 Å². The van der Waals surface area contributed by atoms with Crippen LogP contribution in [0.1, 0.15) is 37.7 Å². The molecular formula is C21H24ClNO. The van der Waals surface area contributed by atoms with Gasteiger partial charge in [0.05, 0.1) is 6.97 Å². The summed E-state index contributed by atoms with van der Waals surface area (Å²) in [5.74, 6) is 0.0251. The number of aliphatic hydroxyl groups is 1. The van der Waals surface area contributed by atoms with E-state index in [1.54, 1.807) is 6.07 Å². The highest BCUT2D eigenvalue weighted by Gasteiger charge is 2.39. The van der Waals surface area contributed by atoms with Gasteiger partial charge >= 0.3 is 0 Å². The van der Waals surface area contributed by atoms with Crippen molar-refractivity contribution in [3.8, 4) is 0 Å². The average molecular weight is 343 g/mol. The Morgan fingerprint density at radius 2 is 2.08 bits per heavy atom. The Hall–Kier alpha value is -1.61. The van der Waals surface area contributed by atoms with Crippen LogP contribution in [0.4, 0.5) is 0 Å². The van der Waals surface area contributed by atoms with Gasteiger partial charge in [-0.15, -0.1) is 0 Å². The number of halogens is 1. The molecule has 0 aliphatic heterocycles. The second kappa shape index (κ2) is 7.52. The molecule has 1 saturated carbocycles. The molecule has 3 rings (SSSR count). The van der Waals surface area contributed by atoms with Crippen LogP contribution >= 0.6 is 11.6 Å². The summed E-state index contributed by atoms with van der Waals surface area (Å²) in [6, 6.07) is 16.0. The number of benzene rings is 2. The molecule has 2 nitrogen and oxygen atoms in total. The lowest BCUT2D eigenvalue weighted by molar-refractivity contribution is 0.0499. The maximum Gasteiger partial charge on any atom is 0.0989 e. The smallest absolute Gasteiger partial charge is 0.0989 e. The minimum absolute atomic E-state index is 0.0251. The second-order valence-corrected chi connectivity index (χ2v) is 6.92. The van der Waals surface area contributed by atoms with E-state index < -0.39 is 5.60 Å². The van der Waals surface area contributed by atoms with Crippen LogP contribution in [0, 0.1) is 0 Å². The Labute approximate surface area is 150 Å². The van der Waals surface area contributed by atoms with Gasteiger partial charge in [0.1, 0.15) is 0 Å². The summed E-state index contributed by atoms with van der Waals surface area (Å²) < 4.78 is 8.34. The maximum absolute atomic E-state index is 11.4. The number of hydrogen-bond acceptors (Lipinski definition) is 2. The minimum Gasteiger partial charge on any atom is -0.384 e. The van der Waals surface area contributed by atoms with Crippen LogP contribution in [0.5, 0.6) is 0 Å². The van der Waals surface area contributed by atoms with Crippen molar-refractivity contribution in [3.63, 3.8) is 0 Å². The summed E-state index contributed by atoms with van der Waals surface area (Å²) in [5, 5.41) is 15.1. The molecule has 0 aromatic heterocycles. The molecule has 1 aliphatic carbocycles. The Morgan fingerprint density at radius 3 is 2.79 bits per heavy atom. The molecule has 2 aromatic carbocycles. The van der Waals surface area contributed by atoms with E-state index in [0.29, 0.717) is 17.6 Å². The topological polar surface area (TPSA) is 32.3 Å². The molecular weight excluding hydrogens is 318 g/mol. The molecule has 2 N–H and O–H groups in total. The summed E-state index contributed by atoms with van der Waals surface area (Å²) in [5.41, 5.74) is 2.08. The van der Waals surface area contributed by atoms with E-state index in [1.807, 2.05) is 49.5 Å². The van der Waals surface area contributed by atoms with Crippen LogP contribution in [0.3, 0.4) is 0 Å². The van der Waals surface area contributed by atoms with Crippen molar-refractivity contribution < 1.29 is 6.48 Å². The lowest BCUT2D eigenvalue weighted by Crippen LogP contribution is -2.45. The predicted molar refractivity (Wildman–Crippen MR) is 101 cm³/mol. The highest BCUT2D eigenvalue weighted by molar-refractivity contribution is 6.30. The normalized spacial score (nSPS) is 26.4. The predicted octanol–water partition coefficient (Wildman–Crippen LogP) is 4.64. The van der Waals surface area contributed by atoms with Crippen molar-refractivity contribution in [3.05, 3.63) is 76.3 Å². The molecule has 2 aromatic rings. The Balaban J connectivity index is 2.10. The summed E-state index contributed by atoms with van der Waals surface area (Å²) in [4.78, 5) is 0. The summed E-state index contributed by atoms with van der Waals surface area (Å²) in [6.07, 6.45) is 4.67. The van der Waals surface area contributed by atoms with Gasteiger partial charge in [0.2, 0.25) is 0 Å². The zero-order valence-electron chi connectivity index (χ0n) is 14.9. The lowest BCUT2D eigenvalue weighted by atomic mass is 9.70. The fourth-order valence-electron chi connectivity index (χ4n) is 3.63. The van der Waals surface area contributed by atoms with Crippen LogP contribution in [-0.4, -0.2) is 24.3 Å². The second-order valence-electron chi connectivity index (χ2n) is 6.48. The van der Waals surface area contributed by atoms with E-state index in [1.165, 1.54) is 0 Å². The summed E-state index contributed by atoms with van der Waals surface area (Å²) in [6.45, 7) is 0.503. The van der Waals surface area contributed by atoms with E-state index in [-0.39, 0.29) is 5.92 Å². The molecule has 24 heavy (non-hydrogen) atoms. The van der Waals surface area contributed by atoms with Gasteiger partial charge < -0.3 is 10.4 Å². The maximum atomic E-state index is 11.4. The van der Waals surface area contributed by atoms with E-state index >= 15 is 0 Å². The Morgan fingerprint density at radius 1 is 1.29 bits per heavy atom. The van der Waals surface area contributed by atoms with Crippen LogP contribution in [-0.2, 0) is 0 Å². The summed E-state index contributed by atoms with van der Waals surface area (Å²) >= 11 is 6.03. The van der Waals surface area contributed by atoms with Crippen molar-refractivity contribution in [2.24, 2.45) is 0 Å². The first kappa shape index (κ1) is 15.9. The first-order valence-electron chi connectivity index (χ1n) is 8.93. The van der Waals surface area contributed by atoms with Gasteiger partial charge in [0.15, 0.2) is 0 Å². The molecule has 0 spiro atoms. The first-order valence-corrected chi connectivity index (χ1v) is 8.81. The third-order valence-electron chi connectivity index (χ3n) is 4.76. The van der Waals surface area contributed by atoms with Crippen molar-refractivity contribution in [2.45, 2.75) is 30.8 Å². The van der Waals surface area contributed by atoms with Crippen LogP contribution in [0.25, 0.3) is 6.08 Å². The zero-order chi connectivity index (χ0) is 17.9. The van der Waals surface area contributed by atoms with Gasteiger partial charge in [0.25, 0.3) is 0 Å². The van der Waals surface area contributed by atoms with Crippen molar-refractivity contribution in [1.29, 1.82) is 0 Å². The third kappa shape index (κ3) is 3.72. The molecule has 0 heterocycles. The van der Waals surface area contributed by atoms with Crippen LogP contribution in [0.15, 0.2) is 60.1 Å². The van der Waals surface area contributed by atoms with Crippen LogP contribution < -0.4 is 5.32 Å². The number of hydrogen-bond donors (Lipinski definition) is 2. The molecule has 0 bridgehead atoms. The molecule has 1 fully saturated rings. The molecule has 2 atom stereocenters. The van der Waals surface area contributed by atoms with E-state index in [4.69, 9.17) is 13.0 Å². The van der Waals surface area contributed by atoms with E-state index in [0.717, 1.165) is 36.0 Å². The van der Waals surface area contributed by atoms with E-state index in [9.17, 15) is 5.11 Å². The van der Waals surface area contributed by atoms with Crippen LogP contribution in [0.2, 0.25) is 5.02 Å². The molecule has 126 valence electrons. The highest BCUT2D eigenvalue weighted by Crippen LogP contribution is 2.44. The molecule has 3 heteroatoms. The largest absolute Gasteiger partial charge is 0.384 e. The molecule has 0 amide bonds.